The summed E-state index contributed by atoms with van der Waals surface area (Å²) >= 11 is 0. The van der Waals surface area contributed by atoms with Gasteiger partial charge in [0.1, 0.15) is 5.82 Å². The number of hydrogen-bond donors (Lipinski definition) is 3. The van der Waals surface area contributed by atoms with Gasteiger partial charge in [0.2, 0.25) is 5.96 Å². The highest BCUT2D eigenvalue weighted by molar-refractivity contribution is 5.91. The second kappa shape index (κ2) is 9.48. The SMILES string of the molecule is CN=C(NC#N)NC1CCC(CNc2nccc3ccccc23)(c2ccccc2)CC1. The fraction of sp³-hybridized carbons (Fsp3) is 0.320. The summed E-state index contributed by atoms with van der Waals surface area (Å²) in [4.78, 5) is 8.75. The molecule has 1 aromatic heterocycles. The molecule has 1 aliphatic rings. The average Bonchev–Trinajstić information content (AvgIpc) is 2.84. The lowest BCUT2D eigenvalue weighted by Gasteiger charge is -2.41. The number of rotatable bonds is 5. The van der Waals surface area contributed by atoms with E-state index in [1.807, 2.05) is 18.5 Å². The molecule has 31 heavy (non-hydrogen) atoms. The van der Waals surface area contributed by atoms with Gasteiger partial charge in [0, 0.05) is 36.6 Å². The quantitative estimate of drug-likeness (QED) is 0.253. The Hall–Kier alpha value is -3.59. The number of guanidine groups is 1. The summed E-state index contributed by atoms with van der Waals surface area (Å²) in [6.07, 6.45) is 7.90. The summed E-state index contributed by atoms with van der Waals surface area (Å²) in [5.74, 6) is 1.48. The number of anilines is 1. The third kappa shape index (κ3) is 4.61. The van der Waals surface area contributed by atoms with Crippen LogP contribution in [-0.2, 0) is 5.41 Å². The van der Waals surface area contributed by atoms with E-state index in [0.29, 0.717) is 12.0 Å². The van der Waals surface area contributed by atoms with Gasteiger partial charge in [-0.2, -0.15) is 5.26 Å². The molecule has 0 spiro atoms. The molecule has 1 fully saturated rings. The summed E-state index contributed by atoms with van der Waals surface area (Å²) in [6.45, 7) is 0.829. The van der Waals surface area contributed by atoms with E-state index in [9.17, 15) is 0 Å². The third-order valence-electron chi connectivity index (χ3n) is 6.34. The Bertz CT molecular complexity index is 1070. The van der Waals surface area contributed by atoms with Crippen LogP contribution in [0.5, 0.6) is 0 Å². The van der Waals surface area contributed by atoms with Gasteiger partial charge in [0.25, 0.3) is 0 Å². The molecule has 6 heteroatoms. The molecule has 158 valence electrons. The molecule has 0 amide bonds. The highest BCUT2D eigenvalue weighted by Gasteiger charge is 2.37. The Morgan fingerprint density at radius 2 is 1.84 bits per heavy atom. The van der Waals surface area contributed by atoms with Gasteiger partial charge >= 0.3 is 0 Å². The molecule has 0 atom stereocenters. The van der Waals surface area contributed by atoms with Crippen LogP contribution in [0.3, 0.4) is 0 Å². The normalized spacial score (nSPS) is 21.3. The highest BCUT2D eigenvalue weighted by atomic mass is 15.2. The summed E-state index contributed by atoms with van der Waals surface area (Å²) in [7, 11) is 1.69. The Balaban J connectivity index is 1.53. The molecule has 0 unspecified atom stereocenters. The van der Waals surface area contributed by atoms with E-state index in [-0.39, 0.29) is 5.41 Å². The lowest BCUT2D eigenvalue weighted by molar-refractivity contribution is 0.271. The Morgan fingerprint density at radius 1 is 1.10 bits per heavy atom. The van der Waals surface area contributed by atoms with Crippen molar-refractivity contribution in [3.05, 3.63) is 72.4 Å². The van der Waals surface area contributed by atoms with Crippen LogP contribution in [-0.4, -0.2) is 30.6 Å². The Labute approximate surface area is 183 Å². The third-order valence-corrected chi connectivity index (χ3v) is 6.34. The lowest BCUT2D eigenvalue weighted by Crippen LogP contribution is -2.47. The minimum absolute atomic E-state index is 0.0320. The van der Waals surface area contributed by atoms with Crippen molar-refractivity contribution in [2.45, 2.75) is 37.1 Å². The molecule has 0 aliphatic heterocycles. The van der Waals surface area contributed by atoms with Crippen LogP contribution in [0.1, 0.15) is 31.2 Å². The van der Waals surface area contributed by atoms with Gasteiger partial charge in [0.05, 0.1) is 0 Å². The first-order valence-electron chi connectivity index (χ1n) is 10.8. The Morgan fingerprint density at radius 3 is 2.58 bits per heavy atom. The molecule has 1 saturated carbocycles. The van der Waals surface area contributed by atoms with E-state index in [2.05, 4.69) is 80.5 Å². The maximum Gasteiger partial charge on any atom is 0.204 e. The van der Waals surface area contributed by atoms with Crippen molar-refractivity contribution in [2.75, 3.05) is 18.9 Å². The van der Waals surface area contributed by atoms with E-state index in [4.69, 9.17) is 5.26 Å². The topological polar surface area (TPSA) is 85.1 Å². The fourth-order valence-electron chi connectivity index (χ4n) is 4.59. The molecular formula is C25H28N6. The molecule has 1 heterocycles. The van der Waals surface area contributed by atoms with Gasteiger partial charge in [-0.25, -0.2) is 4.98 Å². The van der Waals surface area contributed by atoms with Gasteiger partial charge in [-0.3, -0.25) is 10.3 Å². The number of aromatic nitrogens is 1. The van der Waals surface area contributed by atoms with Gasteiger partial charge in [-0.1, -0.05) is 54.6 Å². The molecule has 0 saturated heterocycles. The number of nitrogens with zero attached hydrogens (tertiary/aromatic N) is 3. The standard InChI is InChI=1S/C25H28N6/c1-27-24(30-18-26)31-21-11-14-25(15-12-21,20-8-3-2-4-9-20)17-29-23-22-10-6-5-7-19(22)13-16-28-23/h2-10,13,16,21H,11-12,14-15,17H2,1H3,(H,28,29)(H2,27,30,31). The first kappa shape index (κ1) is 20.7. The molecular weight excluding hydrogens is 384 g/mol. The smallest absolute Gasteiger partial charge is 0.204 e. The fourth-order valence-corrected chi connectivity index (χ4v) is 4.59. The Kier molecular flexibility index (Phi) is 6.32. The predicted molar refractivity (Wildman–Crippen MR) is 126 cm³/mol. The molecule has 0 radical (unpaired) electrons. The van der Waals surface area contributed by atoms with Gasteiger partial charge in [0.15, 0.2) is 6.19 Å². The summed E-state index contributed by atoms with van der Waals surface area (Å²) in [5, 5.41) is 20.9. The monoisotopic (exact) mass is 412 g/mol. The van der Waals surface area contributed by atoms with Gasteiger partial charge < -0.3 is 10.6 Å². The van der Waals surface area contributed by atoms with Crippen molar-refractivity contribution in [3.8, 4) is 6.19 Å². The molecule has 3 aromatic rings. The zero-order valence-corrected chi connectivity index (χ0v) is 17.8. The van der Waals surface area contributed by atoms with Crippen LogP contribution in [0, 0.1) is 11.5 Å². The number of nitrogens with one attached hydrogen (secondary N) is 3. The predicted octanol–water partition coefficient (Wildman–Crippen LogP) is 4.17. The summed E-state index contributed by atoms with van der Waals surface area (Å²) in [5.41, 5.74) is 1.39. The van der Waals surface area contributed by atoms with Crippen molar-refractivity contribution in [1.29, 1.82) is 5.26 Å². The van der Waals surface area contributed by atoms with Crippen LogP contribution >= 0.6 is 0 Å². The van der Waals surface area contributed by atoms with Crippen molar-refractivity contribution in [2.24, 2.45) is 4.99 Å². The minimum Gasteiger partial charge on any atom is -0.369 e. The van der Waals surface area contributed by atoms with E-state index in [1.165, 1.54) is 10.9 Å². The number of fused-ring (bicyclic) bond motifs is 1. The molecule has 4 rings (SSSR count). The van der Waals surface area contributed by atoms with Crippen molar-refractivity contribution in [3.63, 3.8) is 0 Å². The number of hydrogen-bond acceptors (Lipinski definition) is 4. The number of pyridine rings is 1. The van der Waals surface area contributed by atoms with Gasteiger partial charge in [-0.15, -0.1) is 0 Å². The van der Waals surface area contributed by atoms with Gasteiger partial charge in [-0.05, 0) is 42.7 Å². The molecule has 0 bridgehead atoms. The summed E-state index contributed by atoms with van der Waals surface area (Å²) in [6, 6.07) is 21.5. The molecule has 6 nitrogen and oxygen atoms in total. The highest BCUT2D eigenvalue weighted by Crippen LogP contribution is 2.40. The van der Waals surface area contributed by atoms with E-state index in [1.54, 1.807) is 7.05 Å². The van der Waals surface area contributed by atoms with Crippen molar-refractivity contribution >= 4 is 22.5 Å². The number of nitriles is 1. The largest absolute Gasteiger partial charge is 0.369 e. The van der Waals surface area contributed by atoms with Crippen LogP contribution < -0.4 is 16.0 Å². The minimum atomic E-state index is 0.0320. The van der Waals surface area contributed by atoms with Crippen LogP contribution in [0.25, 0.3) is 10.8 Å². The van der Waals surface area contributed by atoms with Crippen LogP contribution in [0.15, 0.2) is 71.9 Å². The van der Waals surface area contributed by atoms with Crippen LogP contribution in [0.2, 0.25) is 0 Å². The maximum absolute atomic E-state index is 8.89. The maximum atomic E-state index is 8.89. The molecule has 1 aliphatic carbocycles. The first-order valence-corrected chi connectivity index (χ1v) is 10.8. The average molecular weight is 413 g/mol. The zero-order chi connectivity index (χ0) is 21.5. The zero-order valence-electron chi connectivity index (χ0n) is 17.8. The number of benzene rings is 2. The van der Waals surface area contributed by atoms with Crippen molar-refractivity contribution in [1.82, 2.24) is 15.6 Å². The second-order valence-electron chi connectivity index (χ2n) is 8.11. The van der Waals surface area contributed by atoms with E-state index >= 15 is 0 Å². The molecule has 2 aromatic carbocycles. The molecule has 3 N–H and O–H groups in total. The lowest BCUT2D eigenvalue weighted by atomic mass is 9.68. The summed E-state index contributed by atoms with van der Waals surface area (Å²) < 4.78 is 0. The van der Waals surface area contributed by atoms with Crippen molar-refractivity contribution < 1.29 is 0 Å². The van der Waals surface area contributed by atoms with E-state index in [0.717, 1.165) is 43.4 Å². The first-order chi connectivity index (χ1) is 15.2. The second-order valence-corrected chi connectivity index (χ2v) is 8.11. The number of aliphatic imine (C=N–C) groups is 1. The van der Waals surface area contributed by atoms with Crippen LogP contribution in [0.4, 0.5) is 5.82 Å². The van der Waals surface area contributed by atoms with E-state index < -0.39 is 0 Å².